The Labute approximate surface area is 133 Å². The van der Waals surface area contributed by atoms with E-state index in [9.17, 15) is 4.79 Å². The maximum Gasteiger partial charge on any atom is 0.276 e. The van der Waals surface area contributed by atoms with Gasteiger partial charge < -0.3 is 10.6 Å². The first-order chi connectivity index (χ1) is 11.3. The number of nitrogens with one attached hydrogen (secondary N) is 3. The van der Waals surface area contributed by atoms with Gasteiger partial charge in [-0.2, -0.15) is 5.10 Å². The maximum atomic E-state index is 12.5. The number of anilines is 1. The molecule has 1 aromatic carbocycles. The van der Waals surface area contributed by atoms with Crippen molar-refractivity contribution < 1.29 is 4.79 Å². The molecule has 3 heterocycles. The van der Waals surface area contributed by atoms with Gasteiger partial charge >= 0.3 is 0 Å². The van der Waals surface area contributed by atoms with Crippen LogP contribution in [-0.4, -0.2) is 27.6 Å². The van der Waals surface area contributed by atoms with Crippen molar-refractivity contribution in [2.45, 2.75) is 18.9 Å². The molecule has 6 heteroatoms. The van der Waals surface area contributed by atoms with Gasteiger partial charge in [-0.3, -0.25) is 14.9 Å². The van der Waals surface area contributed by atoms with Crippen LogP contribution in [0.5, 0.6) is 0 Å². The van der Waals surface area contributed by atoms with E-state index in [0.717, 1.165) is 41.7 Å². The van der Waals surface area contributed by atoms with Crippen molar-refractivity contribution in [1.82, 2.24) is 20.5 Å². The van der Waals surface area contributed by atoms with Crippen LogP contribution < -0.4 is 10.6 Å². The Morgan fingerprint density at radius 2 is 2.22 bits per heavy atom. The van der Waals surface area contributed by atoms with Gasteiger partial charge in [0.25, 0.3) is 5.91 Å². The number of hydrogen-bond donors (Lipinski definition) is 3. The first kappa shape index (κ1) is 13.9. The molecule has 1 atom stereocenters. The zero-order valence-electron chi connectivity index (χ0n) is 12.5. The molecule has 1 fully saturated rings. The predicted molar refractivity (Wildman–Crippen MR) is 88.3 cm³/mol. The molecule has 1 aliphatic rings. The van der Waals surface area contributed by atoms with Gasteiger partial charge in [-0.1, -0.05) is 6.07 Å². The molecule has 1 unspecified atom stereocenters. The number of rotatable bonds is 3. The summed E-state index contributed by atoms with van der Waals surface area (Å²) >= 11 is 0. The summed E-state index contributed by atoms with van der Waals surface area (Å²) < 4.78 is 0. The van der Waals surface area contributed by atoms with Crippen LogP contribution in [0, 0.1) is 0 Å². The number of benzene rings is 1. The standard InChI is InChI=1S/C17H17N5O/c23-17(16-10-15(21-22-16)14-7-3-9-19-14)20-13-6-1-5-12-11(13)4-2-8-18-12/h1-2,4-6,8,10,14,19H,3,7,9H2,(H,20,23)(H,21,22). The molecule has 0 aliphatic carbocycles. The number of amides is 1. The zero-order valence-corrected chi connectivity index (χ0v) is 12.5. The monoisotopic (exact) mass is 307 g/mol. The molecule has 6 nitrogen and oxygen atoms in total. The fraction of sp³-hybridized carbons (Fsp3) is 0.235. The second-order valence-electron chi connectivity index (χ2n) is 5.69. The summed E-state index contributed by atoms with van der Waals surface area (Å²) in [6.07, 6.45) is 3.95. The quantitative estimate of drug-likeness (QED) is 0.694. The first-order valence-corrected chi connectivity index (χ1v) is 7.75. The van der Waals surface area contributed by atoms with Gasteiger partial charge in [-0.05, 0) is 49.7 Å². The second-order valence-corrected chi connectivity index (χ2v) is 5.69. The lowest BCUT2D eigenvalue weighted by Crippen LogP contribution is -2.13. The molecule has 0 bridgehead atoms. The number of pyridine rings is 1. The fourth-order valence-electron chi connectivity index (χ4n) is 2.98. The van der Waals surface area contributed by atoms with Crippen molar-refractivity contribution in [2.24, 2.45) is 0 Å². The number of carbonyl (C=O) groups is 1. The molecule has 1 amide bonds. The van der Waals surface area contributed by atoms with Gasteiger partial charge in [0.1, 0.15) is 0 Å². The van der Waals surface area contributed by atoms with Crippen molar-refractivity contribution in [2.75, 3.05) is 11.9 Å². The Kier molecular flexibility index (Phi) is 3.51. The Morgan fingerprint density at radius 3 is 3.09 bits per heavy atom. The van der Waals surface area contributed by atoms with Crippen LogP contribution in [0.1, 0.15) is 35.1 Å². The number of nitrogens with zero attached hydrogens (tertiary/aromatic N) is 2. The second kappa shape index (κ2) is 5.81. The van der Waals surface area contributed by atoms with Crippen molar-refractivity contribution in [3.05, 3.63) is 54.0 Å². The summed E-state index contributed by atoms with van der Waals surface area (Å²) in [6, 6.07) is 11.6. The molecule has 1 saturated heterocycles. The molecular weight excluding hydrogens is 290 g/mol. The lowest BCUT2D eigenvalue weighted by atomic mass is 10.1. The largest absolute Gasteiger partial charge is 0.320 e. The third-order valence-corrected chi connectivity index (χ3v) is 4.16. The fourth-order valence-corrected chi connectivity index (χ4v) is 2.98. The van der Waals surface area contributed by atoms with E-state index < -0.39 is 0 Å². The van der Waals surface area contributed by atoms with Crippen LogP contribution in [0.2, 0.25) is 0 Å². The number of fused-ring (bicyclic) bond motifs is 1. The SMILES string of the molecule is O=C(Nc1cccc2ncccc12)c1cc(C2CCCN2)[nH]n1. The molecule has 3 N–H and O–H groups in total. The smallest absolute Gasteiger partial charge is 0.276 e. The van der Waals surface area contributed by atoms with Gasteiger partial charge in [0.2, 0.25) is 0 Å². The average molecular weight is 307 g/mol. The highest BCUT2D eigenvalue weighted by molar-refractivity contribution is 6.07. The Hall–Kier alpha value is -2.73. The number of hydrogen-bond acceptors (Lipinski definition) is 4. The molecule has 116 valence electrons. The highest BCUT2D eigenvalue weighted by atomic mass is 16.1. The summed E-state index contributed by atoms with van der Waals surface area (Å²) in [5.74, 6) is -0.221. The summed E-state index contributed by atoms with van der Waals surface area (Å²) in [4.78, 5) is 16.7. The summed E-state index contributed by atoms with van der Waals surface area (Å²) in [7, 11) is 0. The third-order valence-electron chi connectivity index (χ3n) is 4.16. The molecule has 3 aromatic rings. The minimum absolute atomic E-state index is 0.221. The third kappa shape index (κ3) is 2.68. The molecule has 23 heavy (non-hydrogen) atoms. The molecule has 1 aliphatic heterocycles. The summed E-state index contributed by atoms with van der Waals surface area (Å²) in [5.41, 5.74) is 2.95. The number of carbonyl (C=O) groups excluding carboxylic acids is 1. The van der Waals surface area contributed by atoms with Gasteiger partial charge in [0, 0.05) is 17.6 Å². The van der Waals surface area contributed by atoms with Crippen molar-refractivity contribution >= 4 is 22.5 Å². The van der Waals surface area contributed by atoms with Gasteiger partial charge in [-0.25, -0.2) is 0 Å². The molecule has 0 spiro atoms. The van der Waals surface area contributed by atoms with Crippen LogP contribution in [0.15, 0.2) is 42.6 Å². The predicted octanol–water partition coefficient (Wildman–Crippen LogP) is 2.63. The van der Waals surface area contributed by atoms with E-state index in [2.05, 4.69) is 25.8 Å². The summed E-state index contributed by atoms with van der Waals surface area (Å²) in [6.45, 7) is 1.01. The van der Waals surface area contributed by atoms with E-state index in [-0.39, 0.29) is 11.9 Å². The van der Waals surface area contributed by atoms with Gasteiger partial charge in [0.05, 0.1) is 16.9 Å². The van der Waals surface area contributed by atoms with Crippen LogP contribution in [0.3, 0.4) is 0 Å². The van der Waals surface area contributed by atoms with Crippen molar-refractivity contribution in [3.8, 4) is 0 Å². The van der Waals surface area contributed by atoms with E-state index in [1.54, 1.807) is 6.20 Å². The van der Waals surface area contributed by atoms with E-state index >= 15 is 0 Å². The van der Waals surface area contributed by atoms with E-state index in [0.29, 0.717) is 5.69 Å². The molecule has 0 saturated carbocycles. The van der Waals surface area contributed by atoms with E-state index in [1.165, 1.54) is 0 Å². The average Bonchev–Trinajstić information content (AvgIpc) is 3.26. The molecule has 2 aromatic heterocycles. The minimum Gasteiger partial charge on any atom is -0.320 e. The molecule has 0 radical (unpaired) electrons. The Bertz CT molecular complexity index is 846. The minimum atomic E-state index is -0.221. The highest BCUT2D eigenvalue weighted by Gasteiger charge is 2.20. The van der Waals surface area contributed by atoms with E-state index in [4.69, 9.17) is 0 Å². The Morgan fingerprint density at radius 1 is 1.26 bits per heavy atom. The van der Waals surface area contributed by atoms with Gasteiger partial charge in [0.15, 0.2) is 5.69 Å². The van der Waals surface area contributed by atoms with Crippen molar-refractivity contribution in [1.29, 1.82) is 0 Å². The number of aromatic amines is 1. The van der Waals surface area contributed by atoms with Gasteiger partial charge in [-0.15, -0.1) is 0 Å². The maximum absolute atomic E-state index is 12.5. The highest BCUT2D eigenvalue weighted by Crippen LogP contribution is 2.24. The zero-order chi connectivity index (χ0) is 15.6. The summed E-state index contributed by atoms with van der Waals surface area (Å²) in [5, 5.41) is 14.3. The molecule has 4 rings (SSSR count). The van der Waals surface area contributed by atoms with Crippen LogP contribution in [-0.2, 0) is 0 Å². The van der Waals surface area contributed by atoms with E-state index in [1.807, 2.05) is 36.4 Å². The normalized spacial score (nSPS) is 17.5. The topological polar surface area (TPSA) is 82.7 Å². The number of aromatic nitrogens is 3. The van der Waals surface area contributed by atoms with Crippen molar-refractivity contribution in [3.63, 3.8) is 0 Å². The Balaban J connectivity index is 1.57. The lowest BCUT2D eigenvalue weighted by Gasteiger charge is -2.07. The van der Waals surface area contributed by atoms with Crippen LogP contribution in [0.25, 0.3) is 10.9 Å². The number of H-pyrrole nitrogens is 1. The molecular formula is C17H17N5O. The lowest BCUT2D eigenvalue weighted by molar-refractivity contribution is 0.102. The first-order valence-electron chi connectivity index (χ1n) is 7.75. The van der Waals surface area contributed by atoms with Crippen LogP contribution in [0.4, 0.5) is 5.69 Å². The van der Waals surface area contributed by atoms with Crippen LogP contribution >= 0.6 is 0 Å².